The lowest BCUT2D eigenvalue weighted by Gasteiger charge is -2.11. The Morgan fingerprint density at radius 2 is 1.89 bits per heavy atom. The molecule has 0 aliphatic rings. The van der Waals surface area contributed by atoms with E-state index in [0.29, 0.717) is 22.2 Å². The van der Waals surface area contributed by atoms with Crippen LogP contribution in [0.3, 0.4) is 0 Å². The third-order valence-electron chi connectivity index (χ3n) is 2.75. The van der Waals surface area contributed by atoms with Gasteiger partial charge in [0.2, 0.25) is 0 Å². The van der Waals surface area contributed by atoms with Crippen LogP contribution >= 0.6 is 23.2 Å². The molecule has 0 unspecified atom stereocenters. The maximum atomic E-state index is 13.1. The van der Waals surface area contributed by atoms with E-state index in [2.05, 4.69) is 0 Å². The molecule has 0 bridgehead atoms. The van der Waals surface area contributed by atoms with E-state index < -0.39 is 0 Å². The largest absolute Gasteiger partial charge is 0.489 e. The van der Waals surface area contributed by atoms with E-state index in [0.717, 1.165) is 11.1 Å². The van der Waals surface area contributed by atoms with Crippen molar-refractivity contribution in [2.45, 2.75) is 19.4 Å². The molecule has 0 aromatic heterocycles. The molecule has 0 aliphatic carbocycles. The fourth-order valence-electron chi connectivity index (χ4n) is 1.76. The van der Waals surface area contributed by atoms with Gasteiger partial charge < -0.3 is 4.74 Å². The van der Waals surface area contributed by atoms with Crippen LogP contribution < -0.4 is 4.74 Å². The lowest BCUT2D eigenvalue weighted by molar-refractivity contribution is 0.303. The zero-order valence-corrected chi connectivity index (χ0v) is 11.9. The Morgan fingerprint density at radius 1 is 1.11 bits per heavy atom. The predicted octanol–water partition coefficient (Wildman–Crippen LogP) is 5.11. The molecule has 2 aromatic carbocycles. The minimum atomic E-state index is -0.329. The van der Waals surface area contributed by atoms with Crippen LogP contribution in [0.15, 0.2) is 36.4 Å². The van der Waals surface area contributed by atoms with Gasteiger partial charge in [-0.3, -0.25) is 0 Å². The van der Waals surface area contributed by atoms with Gasteiger partial charge in [0.05, 0.1) is 5.88 Å². The molecule has 0 amide bonds. The van der Waals surface area contributed by atoms with Gasteiger partial charge in [-0.05, 0) is 31.2 Å². The molecule has 0 aliphatic heterocycles. The van der Waals surface area contributed by atoms with Crippen molar-refractivity contribution in [3.8, 4) is 5.75 Å². The van der Waals surface area contributed by atoms with Crippen molar-refractivity contribution in [1.82, 2.24) is 0 Å². The number of halogens is 3. The van der Waals surface area contributed by atoms with E-state index in [9.17, 15) is 4.39 Å². The first-order valence-electron chi connectivity index (χ1n) is 5.82. The Kier molecular flexibility index (Phi) is 4.67. The summed E-state index contributed by atoms with van der Waals surface area (Å²) in [6, 6.07) is 9.99. The Morgan fingerprint density at radius 3 is 2.63 bits per heavy atom. The molecule has 4 heteroatoms. The van der Waals surface area contributed by atoms with E-state index >= 15 is 0 Å². The van der Waals surface area contributed by atoms with Gasteiger partial charge in [-0.2, -0.15) is 0 Å². The zero-order valence-electron chi connectivity index (χ0n) is 10.4. The lowest BCUT2D eigenvalue weighted by atomic mass is 10.1. The number of ether oxygens (including phenoxy) is 1. The summed E-state index contributed by atoms with van der Waals surface area (Å²) < 4.78 is 18.8. The van der Waals surface area contributed by atoms with Gasteiger partial charge in [-0.1, -0.05) is 29.3 Å². The lowest BCUT2D eigenvalue weighted by Crippen LogP contribution is -1.99. The first-order chi connectivity index (χ1) is 9.10. The quantitative estimate of drug-likeness (QED) is 0.713. The van der Waals surface area contributed by atoms with E-state index in [1.54, 1.807) is 0 Å². The van der Waals surface area contributed by atoms with Crippen molar-refractivity contribution in [3.63, 3.8) is 0 Å². The Hall–Kier alpha value is -1.25. The van der Waals surface area contributed by atoms with Crippen LogP contribution in [0.2, 0.25) is 5.02 Å². The first kappa shape index (κ1) is 14.2. The van der Waals surface area contributed by atoms with Crippen molar-refractivity contribution < 1.29 is 9.13 Å². The third kappa shape index (κ3) is 3.62. The highest BCUT2D eigenvalue weighted by Gasteiger charge is 2.06. The third-order valence-corrected chi connectivity index (χ3v) is 3.41. The van der Waals surface area contributed by atoms with Crippen LogP contribution in [0, 0.1) is 12.7 Å². The molecule has 0 spiro atoms. The van der Waals surface area contributed by atoms with Gasteiger partial charge in [0.25, 0.3) is 0 Å². The van der Waals surface area contributed by atoms with Crippen LogP contribution in [-0.4, -0.2) is 0 Å². The van der Waals surface area contributed by atoms with Crippen molar-refractivity contribution in [2.75, 3.05) is 0 Å². The van der Waals surface area contributed by atoms with Gasteiger partial charge >= 0.3 is 0 Å². The average Bonchev–Trinajstić information content (AvgIpc) is 2.40. The molecule has 0 heterocycles. The van der Waals surface area contributed by atoms with Crippen molar-refractivity contribution in [2.24, 2.45) is 0 Å². The summed E-state index contributed by atoms with van der Waals surface area (Å²) in [5.74, 6) is 0.735. The molecular weight excluding hydrogens is 286 g/mol. The molecule has 2 rings (SSSR count). The number of hydrogen-bond donors (Lipinski definition) is 0. The monoisotopic (exact) mass is 298 g/mol. The minimum absolute atomic E-state index is 0.212. The van der Waals surface area contributed by atoms with Gasteiger partial charge in [0.1, 0.15) is 18.2 Å². The van der Waals surface area contributed by atoms with Crippen LogP contribution in [0.4, 0.5) is 4.39 Å². The molecular formula is C15H13Cl2FO. The summed E-state index contributed by atoms with van der Waals surface area (Å²) in [7, 11) is 0. The maximum Gasteiger partial charge on any atom is 0.124 e. The highest BCUT2D eigenvalue weighted by Crippen LogP contribution is 2.24. The summed E-state index contributed by atoms with van der Waals surface area (Å²) >= 11 is 11.9. The van der Waals surface area contributed by atoms with Gasteiger partial charge in [0.15, 0.2) is 0 Å². The second kappa shape index (κ2) is 6.27. The minimum Gasteiger partial charge on any atom is -0.489 e. The molecule has 100 valence electrons. The van der Waals surface area contributed by atoms with Crippen LogP contribution in [0.5, 0.6) is 5.75 Å². The summed E-state index contributed by atoms with van der Waals surface area (Å²) in [4.78, 5) is 0. The summed E-state index contributed by atoms with van der Waals surface area (Å²) in [5, 5.41) is 0.487. The zero-order chi connectivity index (χ0) is 13.8. The van der Waals surface area contributed by atoms with Crippen molar-refractivity contribution >= 4 is 23.2 Å². The van der Waals surface area contributed by atoms with Gasteiger partial charge in [0, 0.05) is 16.1 Å². The predicted molar refractivity (Wildman–Crippen MR) is 76.5 cm³/mol. The molecule has 0 fully saturated rings. The van der Waals surface area contributed by atoms with Crippen molar-refractivity contribution in [1.29, 1.82) is 0 Å². The molecule has 0 saturated carbocycles. The fraction of sp³-hybridized carbons (Fsp3) is 0.200. The summed E-state index contributed by atoms with van der Waals surface area (Å²) in [6.45, 7) is 2.20. The van der Waals surface area contributed by atoms with Crippen LogP contribution in [0.25, 0.3) is 0 Å². The Balaban J connectivity index is 2.16. The molecule has 0 radical (unpaired) electrons. The fourth-order valence-corrected chi connectivity index (χ4v) is 2.14. The number of benzene rings is 2. The summed E-state index contributed by atoms with van der Waals surface area (Å²) in [6.07, 6.45) is 0. The van der Waals surface area contributed by atoms with E-state index in [-0.39, 0.29) is 12.4 Å². The van der Waals surface area contributed by atoms with Crippen LogP contribution in [0.1, 0.15) is 16.7 Å². The Bertz CT molecular complexity index is 584. The van der Waals surface area contributed by atoms with E-state index in [4.69, 9.17) is 27.9 Å². The standard InChI is InChI=1S/C15H13Cl2FO/c1-10-2-5-15(11(6-10)8-16)19-9-12-7-13(18)3-4-14(12)17/h2-7H,8-9H2,1H3. The van der Waals surface area contributed by atoms with Crippen molar-refractivity contribution in [3.05, 3.63) is 63.9 Å². The number of alkyl halides is 1. The second-order valence-electron chi connectivity index (χ2n) is 4.27. The maximum absolute atomic E-state index is 13.1. The molecule has 0 N–H and O–H groups in total. The average molecular weight is 299 g/mol. The highest BCUT2D eigenvalue weighted by molar-refractivity contribution is 6.31. The SMILES string of the molecule is Cc1ccc(OCc2cc(F)ccc2Cl)c(CCl)c1. The molecule has 1 nitrogen and oxygen atoms in total. The van der Waals surface area contributed by atoms with Gasteiger partial charge in [-0.15, -0.1) is 11.6 Å². The second-order valence-corrected chi connectivity index (χ2v) is 4.94. The van der Waals surface area contributed by atoms with Gasteiger partial charge in [-0.25, -0.2) is 4.39 Å². The normalized spacial score (nSPS) is 10.5. The van der Waals surface area contributed by atoms with E-state index in [1.165, 1.54) is 18.2 Å². The van der Waals surface area contributed by atoms with E-state index in [1.807, 2.05) is 25.1 Å². The summed E-state index contributed by atoms with van der Waals surface area (Å²) in [5.41, 5.74) is 2.64. The topological polar surface area (TPSA) is 9.23 Å². The molecule has 0 saturated heterocycles. The van der Waals surface area contributed by atoms with Crippen LogP contribution in [-0.2, 0) is 12.5 Å². The first-order valence-corrected chi connectivity index (χ1v) is 6.73. The highest BCUT2D eigenvalue weighted by atomic mass is 35.5. The molecule has 2 aromatic rings. The molecule has 0 atom stereocenters. The number of rotatable bonds is 4. The molecule has 19 heavy (non-hydrogen) atoms. The Labute approximate surface area is 121 Å². The smallest absolute Gasteiger partial charge is 0.124 e. The number of hydrogen-bond acceptors (Lipinski definition) is 1. The number of aryl methyl sites for hydroxylation is 1.